The molecule has 2 aromatic carbocycles. The first kappa shape index (κ1) is 25.2. The number of rotatable bonds is 9. The number of fused-ring (bicyclic) bond motifs is 1. The fourth-order valence-electron chi connectivity index (χ4n) is 5.13. The van der Waals surface area contributed by atoms with Gasteiger partial charge in [-0.25, -0.2) is 0 Å². The molecule has 35 heavy (non-hydrogen) atoms. The summed E-state index contributed by atoms with van der Waals surface area (Å²) in [5, 5.41) is 4.52. The van der Waals surface area contributed by atoms with Crippen molar-refractivity contribution in [1.82, 2.24) is 19.7 Å². The average molecular weight is 473 g/mol. The van der Waals surface area contributed by atoms with Crippen molar-refractivity contribution in [2.45, 2.75) is 52.2 Å². The number of likely N-dealkylation sites (tertiary alicyclic amines) is 1. The molecule has 1 aliphatic rings. The van der Waals surface area contributed by atoms with Crippen LogP contribution in [0.1, 0.15) is 43.0 Å². The Morgan fingerprint density at radius 1 is 1.06 bits per heavy atom. The van der Waals surface area contributed by atoms with Gasteiger partial charge in [-0.2, -0.15) is 0 Å². The van der Waals surface area contributed by atoms with Gasteiger partial charge < -0.3 is 14.8 Å². The second-order valence-electron chi connectivity index (χ2n) is 10.2. The van der Waals surface area contributed by atoms with Crippen LogP contribution in [-0.4, -0.2) is 60.0 Å². The molecule has 0 unspecified atom stereocenters. The van der Waals surface area contributed by atoms with Gasteiger partial charge in [0.05, 0.1) is 0 Å². The maximum Gasteiger partial charge on any atom is 0.247 e. The molecule has 1 saturated heterocycles. The summed E-state index contributed by atoms with van der Waals surface area (Å²) < 4.78 is 2.40. The molecule has 5 heteroatoms. The van der Waals surface area contributed by atoms with E-state index in [-0.39, 0.29) is 11.9 Å². The topological polar surface area (TPSA) is 40.5 Å². The number of para-hydroxylation sites is 1. The van der Waals surface area contributed by atoms with E-state index in [1.807, 2.05) is 6.92 Å². The van der Waals surface area contributed by atoms with Crippen molar-refractivity contribution in [2.75, 3.05) is 33.7 Å². The highest BCUT2D eigenvalue weighted by Crippen LogP contribution is 2.28. The van der Waals surface area contributed by atoms with Crippen LogP contribution in [0.15, 0.2) is 60.2 Å². The fourth-order valence-corrected chi connectivity index (χ4v) is 5.13. The molecule has 0 radical (unpaired) electrons. The number of aromatic nitrogens is 1. The van der Waals surface area contributed by atoms with Gasteiger partial charge in [-0.05, 0) is 71.5 Å². The van der Waals surface area contributed by atoms with Crippen LogP contribution in [0.4, 0.5) is 0 Å². The predicted molar refractivity (Wildman–Crippen MR) is 146 cm³/mol. The molecule has 0 saturated carbocycles. The number of carbonyl (C=O) groups excluding carboxylic acids is 1. The third-order valence-corrected chi connectivity index (χ3v) is 7.16. The van der Waals surface area contributed by atoms with Gasteiger partial charge in [0.25, 0.3) is 0 Å². The molecular formula is C30H40N4O. The van der Waals surface area contributed by atoms with Crippen LogP contribution in [-0.2, 0) is 17.9 Å². The van der Waals surface area contributed by atoms with E-state index in [0.29, 0.717) is 0 Å². The Labute approximate surface area is 210 Å². The van der Waals surface area contributed by atoms with Crippen LogP contribution < -0.4 is 5.32 Å². The molecule has 5 nitrogen and oxygen atoms in total. The molecule has 186 valence electrons. The van der Waals surface area contributed by atoms with Gasteiger partial charge in [0.15, 0.2) is 0 Å². The van der Waals surface area contributed by atoms with Gasteiger partial charge >= 0.3 is 0 Å². The van der Waals surface area contributed by atoms with Crippen LogP contribution in [0.2, 0.25) is 0 Å². The molecule has 0 atom stereocenters. The number of piperidine rings is 1. The summed E-state index contributed by atoms with van der Waals surface area (Å²) in [6.45, 7) is 9.17. The van der Waals surface area contributed by atoms with E-state index in [4.69, 9.17) is 0 Å². The van der Waals surface area contributed by atoms with Gasteiger partial charge in [-0.1, -0.05) is 48.5 Å². The zero-order valence-corrected chi connectivity index (χ0v) is 21.8. The van der Waals surface area contributed by atoms with Gasteiger partial charge in [0.1, 0.15) is 0 Å². The van der Waals surface area contributed by atoms with E-state index < -0.39 is 0 Å². The summed E-state index contributed by atoms with van der Waals surface area (Å²) in [7, 11) is 4.23. The van der Waals surface area contributed by atoms with Crippen LogP contribution in [0, 0.1) is 6.92 Å². The average Bonchev–Trinajstić information content (AvgIpc) is 3.11. The highest BCUT2D eigenvalue weighted by molar-refractivity contribution is 6.01. The Hall–Kier alpha value is -2.89. The predicted octanol–water partition coefficient (Wildman–Crippen LogP) is 5.09. The number of benzene rings is 2. The highest BCUT2D eigenvalue weighted by atomic mass is 16.1. The molecule has 1 N–H and O–H groups in total. The summed E-state index contributed by atoms with van der Waals surface area (Å²) in [5.41, 5.74) is 5.76. The molecule has 0 spiro atoms. The van der Waals surface area contributed by atoms with Crippen molar-refractivity contribution in [3.63, 3.8) is 0 Å². The second-order valence-corrected chi connectivity index (χ2v) is 10.2. The molecule has 3 aromatic rings. The van der Waals surface area contributed by atoms with Crippen molar-refractivity contribution in [1.29, 1.82) is 0 Å². The molecule has 0 bridgehead atoms. The standard InChI is InChI=1S/C30H40N4O/c1-23(30(35)31-26-15-19-33(20-16-26)22-25-11-6-5-7-12-25)21-28-24(2)34(18-10-17-32(3)4)29-14-9-8-13-27(28)29/h5-9,11-14,21,26H,10,15-20,22H2,1-4H3,(H,31,35)/b23-21+. The minimum atomic E-state index is 0.0512. The van der Waals surface area contributed by atoms with Crippen molar-refractivity contribution >= 4 is 22.9 Å². The monoisotopic (exact) mass is 472 g/mol. The van der Waals surface area contributed by atoms with Crippen LogP contribution in [0.3, 0.4) is 0 Å². The Kier molecular flexibility index (Phi) is 8.42. The van der Waals surface area contributed by atoms with E-state index in [1.165, 1.54) is 22.2 Å². The van der Waals surface area contributed by atoms with Crippen LogP contribution in [0.5, 0.6) is 0 Å². The summed E-state index contributed by atoms with van der Waals surface area (Å²) in [6.07, 6.45) is 5.17. The molecule has 0 aliphatic carbocycles. The minimum Gasteiger partial charge on any atom is -0.349 e. The van der Waals surface area contributed by atoms with Crippen molar-refractivity contribution in [2.24, 2.45) is 0 Å². The quantitative estimate of drug-likeness (QED) is 0.441. The first-order valence-corrected chi connectivity index (χ1v) is 12.9. The Morgan fingerprint density at radius 3 is 2.46 bits per heavy atom. The lowest BCUT2D eigenvalue weighted by molar-refractivity contribution is -0.118. The number of aryl methyl sites for hydroxylation is 1. The molecular weight excluding hydrogens is 432 g/mol. The van der Waals surface area contributed by atoms with Crippen molar-refractivity contribution < 1.29 is 4.79 Å². The third-order valence-electron chi connectivity index (χ3n) is 7.16. The summed E-state index contributed by atoms with van der Waals surface area (Å²) in [4.78, 5) is 17.8. The van der Waals surface area contributed by atoms with Gasteiger partial charge in [-0.15, -0.1) is 0 Å². The first-order valence-electron chi connectivity index (χ1n) is 12.9. The maximum absolute atomic E-state index is 13.1. The Balaban J connectivity index is 1.40. The molecule has 2 heterocycles. The number of hydrogen-bond acceptors (Lipinski definition) is 3. The molecule has 4 rings (SSSR count). The maximum atomic E-state index is 13.1. The number of nitrogens with zero attached hydrogens (tertiary/aromatic N) is 3. The van der Waals surface area contributed by atoms with Crippen molar-refractivity contribution in [3.05, 3.63) is 77.0 Å². The number of hydrogen-bond donors (Lipinski definition) is 1. The minimum absolute atomic E-state index is 0.0512. The molecule has 1 fully saturated rings. The summed E-state index contributed by atoms with van der Waals surface area (Å²) in [6, 6.07) is 19.4. The fraction of sp³-hybridized carbons (Fsp3) is 0.433. The zero-order valence-electron chi connectivity index (χ0n) is 21.8. The van der Waals surface area contributed by atoms with E-state index in [0.717, 1.165) is 63.1 Å². The van der Waals surface area contributed by atoms with Crippen molar-refractivity contribution in [3.8, 4) is 0 Å². The van der Waals surface area contributed by atoms with Gasteiger partial charge in [0.2, 0.25) is 5.91 Å². The van der Waals surface area contributed by atoms with E-state index in [9.17, 15) is 4.79 Å². The Bertz CT molecular complexity index is 1150. The smallest absolute Gasteiger partial charge is 0.247 e. The molecule has 1 amide bonds. The number of carbonyl (C=O) groups is 1. The lowest BCUT2D eigenvalue weighted by Gasteiger charge is -2.32. The van der Waals surface area contributed by atoms with E-state index in [1.54, 1.807) is 0 Å². The molecule has 1 aliphatic heterocycles. The molecule has 1 aromatic heterocycles. The summed E-state index contributed by atoms with van der Waals surface area (Å²) in [5.74, 6) is 0.0512. The first-order chi connectivity index (χ1) is 16.9. The lowest BCUT2D eigenvalue weighted by Crippen LogP contribution is -2.44. The van der Waals surface area contributed by atoms with Crippen LogP contribution >= 0.6 is 0 Å². The second kappa shape index (κ2) is 11.7. The van der Waals surface area contributed by atoms with Crippen LogP contribution in [0.25, 0.3) is 17.0 Å². The van der Waals surface area contributed by atoms with E-state index in [2.05, 4.69) is 101 Å². The van der Waals surface area contributed by atoms with E-state index >= 15 is 0 Å². The van der Waals surface area contributed by atoms with Gasteiger partial charge in [0, 0.05) is 60.0 Å². The number of nitrogens with one attached hydrogen (secondary N) is 1. The Morgan fingerprint density at radius 2 is 1.74 bits per heavy atom. The zero-order chi connectivity index (χ0) is 24.8. The summed E-state index contributed by atoms with van der Waals surface area (Å²) >= 11 is 0. The SMILES string of the molecule is C/C(=C\c1c(C)n(CCCN(C)C)c2ccccc12)C(=O)NC1CCN(Cc2ccccc2)CC1. The number of amides is 1. The largest absolute Gasteiger partial charge is 0.349 e. The lowest BCUT2D eigenvalue weighted by atomic mass is 10.0. The van der Waals surface area contributed by atoms with Gasteiger partial charge in [-0.3, -0.25) is 9.69 Å². The normalized spacial score (nSPS) is 15.7. The highest BCUT2D eigenvalue weighted by Gasteiger charge is 2.21. The third kappa shape index (κ3) is 6.41.